The van der Waals surface area contributed by atoms with E-state index in [-0.39, 0.29) is 6.03 Å². The Kier molecular flexibility index (Phi) is 4.73. The van der Waals surface area contributed by atoms with Crippen LogP contribution in [0.25, 0.3) is 0 Å². The Morgan fingerprint density at radius 3 is 1.95 bits per heavy atom. The lowest BCUT2D eigenvalue weighted by Crippen LogP contribution is -2.64. The molecule has 0 aromatic heterocycles. The molecule has 0 aromatic carbocycles. The second kappa shape index (κ2) is 6.19. The van der Waals surface area contributed by atoms with Gasteiger partial charge in [0, 0.05) is 53.4 Å². The van der Waals surface area contributed by atoms with Crippen LogP contribution in [0.3, 0.4) is 0 Å². The van der Waals surface area contributed by atoms with Crippen molar-refractivity contribution in [1.29, 1.82) is 0 Å². The van der Waals surface area contributed by atoms with Crippen molar-refractivity contribution in [2.75, 3.05) is 60.4 Å². The summed E-state index contributed by atoms with van der Waals surface area (Å²) in [6.45, 7) is 4.38. The maximum absolute atomic E-state index is 12.0. The number of likely N-dealkylation sites (N-methyl/N-ethyl adjacent to an activating group) is 1. The molecule has 2 amide bonds. The van der Waals surface area contributed by atoms with Gasteiger partial charge in [-0.05, 0) is 19.9 Å². The summed E-state index contributed by atoms with van der Waals surface area (Å²) >= 11 is 0. The van der Waals surface area contributed by atoms with Gasteiger partial charge in [-0.15, -0.1) is 0 Å². The van der Waals surface area contributed by atoms with Gasteiger partial charge >= 0.3 is 12.0 Å². The molecule has 21 heavy (non-hydrogen) atoms. The van der Waals surface area contributed by atoms with Crippen molar-refractivity contribution in [3.63, 3.8) is 0 Å². The summed E-state index contributed by atoms with van der Waals surface area (Å²) < 4.78 is 0. The molecule has 1 N–H and O–H groups in total. The standard InChI is InChI=1S/C14H26N4O3/c1-15(2)13(21)17-6-4-14(5-7-17,12(19)20)18-10-8-16(3)9-11-18/h4-11H2,1-3H3,(H,19,20). The van der Waals surface area contributed by atoms with Crippen molar-refractivity contribution in [2.24, 2.45) is 0 Å². The number of hydrogen-bond donors (Lipinski definition) is 1. The van der Waals surface area contributed by atoms with Crippen molar-refractivity contribution >= 4 is 12.0 Å². The zero-order valence-corrected chi connectivity index (χ0v) is 13.2. The highest BCUT2D eigenvalue weighted by Crippen LogP contribution is 2.30. The van der Waals surface area contributed by atoms with E-state index in [1.165, 1.54) is 0 Å². The predicted octanol–water partition coefficient (Wildman–Crippen LogP) is -0.165. The van der Waals surface area contributed by atoms with Crippen molar-refractivity contribution in [3.05, 3.63) is 0 Å². The molecule has 0 saturated carbocycles. The number of aliphatic carboxylic acids is 1. The van der Waals surface area contributed by atoms with Crippen LogP contribution in [0.15, 0.2) is 0 Å². The molecule has 2 fully saturated rings. The van der Waals surface area contributed by atoms with E-state index in [0.29, 0.717) is 25.9 Å². The Hall–Kier alpha value is -1.34. The first-order chi connectivity index (χ1) is 9.86. The van der Waals surface area contributed by atoms with Gasteiger partial charge in [0.05, 0.1) is 0 Å². The number of nitrogens with zero attached hydrogens (tertiary/aromatic N) is 4. The van der Waals surface area contributed by atoms with Gasteiger partial charge in [-0.25, -0.2) is 4.79 Å². The molecule has 0 radical (unpaired) electrons. The number of urea groups is 1. The number of likely N-dealkylation sites (tertiary alicyclic amines) is 1. The number of carbonyl (C=O) groups excluding carboxylic acids is 1. The first-order valence-electron chi connectivity index (χ1n) is 7.50. The summed E-state index contributed by atoms with van der Waals surface area (Å²) in [5.74, 6) is -0.746. The fourth-order valence-electron chi connectivity index (χ4n) is 3.25. The average molecular weight is 298 g/mol. The highest BCUT2D eigenvalue weighted by Gasteiger charge is 2.47. The molecule has 2 aliphatic heterocycles. The van der Waals surface area contributed by atoms with E-state index in [0.717, 1.165) is 26.2 Å². The van der Waals surface area contributed by atoms with Gasteiger partial charge < -0.3 is 19.8 Å². The number of carbonyl (C=O) groups is 2. The molecule has 0 bridgehead atoms. The third-order valence-electron chi connectivity index (χ3n) is 4.75. The smallest absolute Gasteiger partial charge is 0.324 e. The molecule has 0 spiro atoms. The number of amides is 2. The number of rotatable bonds is 2. The molecule has 0 unspecified atom stereocenters. The second-order valence-corrected chi connectivity index (χ2v) is 6.29. The van der Waals surface area contributed by atoms with Gasteiger partial charge in [0.1, 0.15) is 5.54 Å². The van der Waals surface area contributed by atoms with Gasteiger partial charge in [-0.3, -0.25) is 9.69 Å². The molecule has 2 aliphatic rings. The van der Waals surface area contributed by atoms with Crippen LogP contribution in [0, 0.1) is 0 Å². The molecule has 2 rings (SSSR count). The van der Waals surface area contributed by atoms with Crippen LogP contribution in [-0.4, -0.2) is 103 Å². The van der Waals surface area contributed by atoms with Crippen LogP contribution in [0.1, 0.15) is 12.8 Å². The van der Waals surface area contributed by atoms with Crippen LogP contribution < -0.4 is 0 Å². The van der Waals surface area contributed by atoms with Gasteiger partial charge in [-0.2, -0.15) is 0 Å². The van der Waals surface area contributed by atoms with E-state index in [9.17, 15) is 14.7 Å². The SMILES string of the molecule is CN1CCN(C2(C(=O)O)CCN(C(=O)N(C)C)CC2)CC1. The van der Waals surface area contributed by atoms with Crippen molar-refractivity contribution in [2.45, 2.75) is 18.4 Å². The number of carboxylic acid groups (broad SMARTS) is 1. The molecule has 2 heterocycles. The molecular weight excluding hydrogens is 272 g/mol. The number of hydrogen-bond acceptors (Lipinski definition) is 4. The minimum Gasteiger partial charge on any atom is -0.480 e. The van der Waals surface area contributed by atoms with Crippen LogP contribution in [0.4, 0.5) is 4.79 Å². The quantitative estimate of drug-likeness (QED) is 0.767. The zero-order valence-electron chi connectivity index (χ0n) is 13.2. The monoisotopic (exact) mass is 298 g/mol. The van der Waals surface area contributed by atoms with Gasteiger partial charge in [0.15, 0.2) is 0 Å². The first-order valence-corrected chi connectivity index (χ1v) is 7.50. The highest BCUT2D eigenvalue weighted by atomic mass is 16.4. The van der Waals surface area contributed by atoms with Crippen molar-refractivity contribution in [3.8, 4) is 0 Å². The lowest BCUT2D eigenvalue weighted by Gasteiger charge is -2.48. The topological polar surface area (TPSA) is 67.3 Å². The van der Waals surface area contributed by atoms with Crippen LogP contribution in [-0.2, 0) is 4.79 Å². The molecule has 0 aliphatic carbocycles. The Morgan fingerprint density at radius 2 is 1.52 bits per heavy atom. The van der Waals surface area contributed by atoms with E-state index >= 15 is 0 Å². The largest absolute Gasteiger partial charge is 0.480 e. The van der Waals surface area contributed by atoms with Crippen molar-refractivity contribution < 1.29 is 14.7 Å². The summed E-state index contributed by atoms with van der Waals surface area (Å²) in [5, 5.41) is 9.77. The maximum Gasteiger partial charge on any atom is 0.324 e. The first kappa shape index (κ1) is 16.0. The van der Waals surface area contributed by atoms with Gasteiger partial charge in [0.2, 0.25) is 0 Å². The summed E-state index contributed by atoms with van der Waals surface area (Å²) in [7, 11) is 5.51. The van der Waals surface area contributed by atoms with E-state index in [2.05, 4.69) is 16.8 Å². The maximum atomic E-state index is 12.0. The second-order valence-electron chi connectivity index (χ2n) is 6.29. The van der Waals surface area contributed by atoms with E-state index < -0.39 is 11.5 Å². The lowest BCUT2D eigenvalue weighted by molar-refractivity contribution is -0.156. The molecule has 0 atom stereocenters. The Bertz CT molecular complexity index is 397. The molecule has 2 saturated heterocycles. The van der Waals surface area contributed by atoms with Crippen LogP contribution >= 0.6 is 0 Å². The molecule has 0 aromatic rings. The third-order valence-corrected chi connectivity index (χ3v) is 4.75. The Balaban J connectivity index is 2.05. The van der Waals surface area contributed by atoms with Gasteiger partial charge in [-0.1, -0.05) is 0 Å². The van der Waals surface area contributed by atoms with Gasteiger partial charge in [0.25, 0.3) is 0 Å². The van der Waals surface area contributed by atoms with Crippen molar-refractivity contribution in [1.82, 2.24) is 19.6 Å². The summed E-state index contributed by atoms with van der Waals surface area (Å²) in [5.41, 5.74) is -0.801. The summed E-state index contributed by atoms with van der Waals surface area (Å²) in [6, 6.07) is -0.0348. The summed E-state index contributed by atoms with van der Waals surface area (Å²) in [6.07, 6.45) is 1.01. The zero-order chi connectivity index (χ0) is 15.6. The third kappa shape index (κ3) is 3.13. The van der Waals surface area contributed by atoms with Crippen LogP contribution in [0.5, 0.6) is 0 Å². The fraction of sp³-hybridized carbons (Fsp3) is 0.857. The molecule has 7 heteroatoms. The predicted molar refractivity (Wildman–Crippen MR) is 79.3 cm³/mol. The summed E-state index contributed by atoms with van der Waals surface area (Å²) in [4.78, 5) is 31.5. The number of piperidine rings is 1. The number of piperazine rings is 1. The number of carboxylic acids is 1. The van der Waals surface area contributed by atoms with Crippen LogP contribution in [0.2, 0.25) is 0 Å². The lowest BCUT2D eigenvalue weighted by atomic mass is 9.85. The highest BCUT2D eigenvalue weighted by molar-refractivity contribution is 5.80. The molecule has 7 nitrogen and oxygen atoms in total. The average Bonchev–Trinajstić information content (AvgIpc) is 2.47. The normalized spacial score (nSPS) is 23.9. The Morgan fingerprint density at radius 1 is 1.00 bits per heavy atom. The van der Waals surface area contributed by atoms with E-state index in [4.69, 9.17) is 0 Å². The Labute approximate surface area is 126 Å². The molecular formula is C14H26N4O3. The van der Waals surface area contributed by atoms with E-state index in [1.807, 2.05) is 0 Å². The minimum atomic E-state index is -0.801. The molecule has 120 valence electrons. The minimum absolute atomic E-state index is 0.0348. The van der Waals surface area contributed by atoms with E-state index in [1.54, 1.807) is 23.9 Å². The fourth-order valence-corrected chi connectivity index (χ4v) is 3.25.